The molecular formula is C27H29FN4O4S. The molecule has 8 nitrogen and oxygen atoms in total. The van der Waals surface area contributed by atoms with E-state index in [1.807, 2.05) is 13.8 Å². The zero-order chi connectivity index (χ0) is 26.5. The summed E-state index contributed by atoms with van der Waals surface area (Å²) in [6.45, 7) is 6.00. The Morgan fingerprint density at radius 2 is 2.00 bits per heavy atom. The molecule has 2 amide bonds. The third kappa shape index (κ3) is 4.43. The highest BCUT2D eigenvalue weighted by molar-refractivity contribution is 7.15. The Morgan fingerprint density at radius 3 is 2.65 bits per heavy atom. The molecule has 1 saturated carbocycles. The van der Waals surface area contributed by atoms with Gasteiger partial charge >= 0.3 is 0 Å². The number of nitrogens with zero attached hydrogens (tertiary/aromatic N) is 3. The van der Waals surface area contributed by atoms with Crippen LogP contribution in [0.5, 0.6) is 5.75 Å². The first-order chi connectivity index (χ1) is 17.6. The third-order valence-corrected chi connectivity index (χ3v) is 8.39. The van der Waals surface area contributed by atoms with Gasteiger partial charge < -0.3 is 19.9 Å². The molecule has 1 fully saturated rings. The maximum absolute atomic E-state index is 13.5. The van der Waals surface area contributed by atoms with Gasteiger partial charge in [0.05, 0.1) is 12.1 Å². The van der Waals surface area contributed by atoms with E-state index in [2.05, 4.69) is 10.3 Å². The van der Waals surface area contributed by atoms with Crippen molar-refractivity contribution < 1.29 is 19.1 Å². The monoisotopic (exact) mass is 524 g/mol. The van der Waals surface area contributed by atoms with E-state index in [-0.39, 0.29) is 35.6 Å². The molecule has 10 heteroatoms. The molecule has 0 radical (unpaired) electrons. The van der Waals surface area contributed by atoms with E-state index in [4.69, 9.17) is 0 Å². The van der Waals surface area contributed by atoms with Gasteiger partial charge in [0, 0.05) is 36.3 Å². The number of likely N-dealkylation sites (N-methyl/N-ethyl adjacent to an activating group) is 1. The fourth-order valence-electron chi connectivity index (χ4n) is 4.97. The lowest BCUT2D eigenvalue weighted by Gasteiger charge is -2.44. The first-order valence-corrected chi connectivity index (χ1v) is 13.2. The van der Waals surface area contributed by atoms with Gasteiger partial charge in [-0.2, -0.15) is 0 Å². The van der Waals surface area contributed by atoms with E-state index in [0.29, 0.717) is 23.9 Å². The van der Waals surface area contributed by atoms with Crippen molar-refractivity contribution >= 4 is 23.2 Å². The lowest BCUT2D eigenvalue weighted by molar-refractivity contribution is -0.130. The molecule has 2 atom stereocenters. The normalized spacial score (nSPS) is 20.0. The summed E-state index contributed by atoms with van der Waals surface area (Å²) in [5.74, 6) is -1.42. The molecule has 1 aliphatic carbocycles. The first-order valence-electron chi connectivity index (χ1n) is 12.4. The summed E-state index contributed by atoms with van der Waals surface area (Å²) < 4.78 is 14.7. The summed E-state index contributed by atoms with van der Waals surface area (Å²) in [7, 11) is 0. The van der Waals surface area contributed by atoms with Crippen molar-refractivity contribution in [3.05, 3.63) is 68.8 Å². The molecule has 1 aliphatic heterocycles. The Balaban J connectivity index is 1.59. The third-order valence-electron chi connectivity index (χ3n) is 7.35. The lowest BCUT2D eigenvalue weighted by atomic mass is 9.92. The number of aromatic hydroxyl groups is 1. The number of nitrogens with one attached hydrogen (secondary N) is 1. The molecule has 2 aromatic heterocycles. The number of amides is 2. The highest BCUT2D eigenvalue weighted by Crippen LogP contribution is 2.40. The zero-order valence-electron chi connectivity index (χ0n) is 21.0. The van der Waals surface area contributed by atoms with Crippen molar-refractivity contribution in [2.24, 2.45) is 5.92 Å². The van der Waals surface area contributed by atoms with Gasteiger partial charge in [0.25, 0.3) is 5.91 Å². The van der Waals surface area contributed by atoms with Gasteiger partial charge in [-0.05, 0) is 57.2 Å². The van der Waals surface area contributed by atoms with E-state index in [9.17, 15) is 23.9 Å². The van der Waals surface area contributed by atoms with Gasteiger partial charge in [0.2, 0.25) is 11.3 Å². The SMILES string of the molecule is CCNC(=O)[C@@]1(C)CN([C@H](C)C2CC2)C(=O)c2c(O)c(=O)c(-c3ncc(Cc4ccc(F)cc4)s3)cn21. The van der Waals surface area contributed by atoms with Crippen LogP contribution in [0.1, 0.15) is 54.5 Å². The Kier molecular flexibility index (Phi) is 6.39. The molecule has 2 N–H and O–H groups in total. The summed E-state index contributed by atoms with van der Waals surface area (Å²) in [4.78, 5) is 47.1. The van der Waals surface area contributed by atoms with Crippen LogP contribution >= 0.6 is 11.3 Å². The molecule has 37 heavy (non-hydrogen) atoms. The van der Waals surface area contributed by atoms with Crippen LogP contribution in [0.3, 0.4) is 0 Å². The van der Waals surface area contributed by atoms with Crippen molar-refractivity contribution in [3.63, 3.8) is 0 Å². The molecule has 1 aromatic carbocycles. The van der Waals surface area contributed by atoms with Crippen LogP contribution in [0.15, 0.2) is 41.5 Å². The number of carbonyl (C=O) groups excluding carboxylic acids is 2. The lowest BCUT2D eigenvalue weighted by Crippen LogP contribution is -2.61. The van der Waals surface area contributed by atoms with Crippen LogP contribution in [0.2, 0.25) is 0 Å². The predicted molar refractivity (Wildman–Crippen MR) is 138 cm³/mol. The van der Waals surface area contributed by atoms with Crippen LogP contribution in [-0.2, 0) is 16.8 Å². The number of hydrogen-bond acceptors (Lipinski definition) is 6. The number of aromatic nitrogens is 2. The van der Waals surface area contributed by atoms with Crippen LogP contribution in [0.25, 0.3) is 10.6 Å². The minimum Gasteiger partial charge on any atom is -0.503 e. The molecular weight excluding hydrogens is 495 g/mol. The average molecular weight is 525 g/mol. The van der Waals surface area contributed by atoms with Crippen LogP contribution in [-0.4, -0.2) is 50.5 Å². The number of thiazole rings is 1. The first kappa shape index (κ1) is 25.1. The van der Waals surface area contributed by atoms with Crippen LogP contribution in [0, 0.1) is 11.7 Å². The average Bonchev–Trinajstić information content (AvgIpc) is 3.63. The van der Waals surface area contributed by atoms with E-state index >= 15 is 0 Å². The van der Waals surface area contributed by atoms with Crippen molar-refractivity contribution in [2.75, 3.05) is 13.1 Å². The molecule has 3 heterocycles. The van der Waals surface area contributed by atoms with Crippen molar-refractivity contribution in [1.82, 2.24) is 19.8 Å². The predicted octanol–water partition coefficient (Wildman–Crippen LogP) is 3.51. The quantitative estimate of drug-likeness (QED) is 0.492. The fourth-order valence-corrected chi connectivity index (χ4v) is 5.93. The van der Waals surface area contributed by atoms with E-state index < -0.39 is 22.6 Å². The molecule has 2 aliphatic rings. The van der Waals surface area contributed by atoms with Crippen molar-refractivity contribution in [2.45, 2.75) is 51.6 Å². The Hall–Kier alpha value is -3.53. The van der Waals surface area contributed by atoms with Gasteiger partial charge in [0.1, 0.15) is 16.4 Å². The van der Waals surface area contributed by atoms with Gasteiger partial charge in [-0.15, -0.1) is 11.3 Å². The van der Waals surface area contributed by atoms with E-state index in [1.54, 1.807) is 30.2 Å². The summed E-state index contributed by atoms with van der Waals surface area (Å²) in [5, 5.41) is 14.3. The molecule has 0 spiro atoms. The number of benzene rings is 1. The Bertz CT molecular complexity index is 1430. The number of pyridine rings is 1. The largest absolute Gasteiger partial charge is 0.503 e. The number of halogens is 1. The summed E-state index contributed by atoms with van der Waals surface area (Å²) in [5.41, 5.74) is -1.12. The number of carbonyl (C=O) groups is 2. The number of rotatable bonds is 7. The zero-order valence-corrected chi connectivity index (χ0v) is 21.8. The molecule has 0 unspecified atom stereocenters. The van der Waals surface area contributed by atoms with Gasteiger partial charge in [0.15, 0.2) is 11.4 Å². The fraction of sp³-hybridized carbons (Fsp3) is 0.407. The maximum atomic E-state index is 13.5. The van der Waals surface area contributed by atoms with Crippen LogP contribution < -0.4 is 10.7 Å². The number of fused-ring (bicyclic) bond motifs is 1. The minimum absolute atomic E-state index is 0.114. The van der Waals surface area contributed by atoms with E-state index in [1.165, 1.54) is 34.2 Å². The second-order valence-corrected chi connectivity index (χ2v) is 11.1. The molecule has 3 aromatic rings. The minimum atomic E-state index is -1.24. The topological polar surface area (TPSA) is 105 Å². The summed E-state index contributed by atoms with van der Waals surface area (Å²) >= 11 is 1.27. The second kappa shape index (κ2) is 9.41. The molecule has 0 saturated heterocycles. The number of hydrogen-bond donors (Lipinski definition) is 2. The molecule has 0 bridgehead atoms. The highest BCUT2D eigenvalue weighted by atomic mass is 32.1. The Labute approximate surface area is 217 Å². The maximum Gasteiger partial charge on any atom is 0.274 e. The van der Waals surface area contributed by atoms with Crippen LogP contribution in [0.4, 0.5) is 4.39 Å². The highest BCUT2D eigenvalue weighted by Gasteiger charge is 2.49. The Morgan fingerprint density at radius 1 is 1.30 bits per heavy atom. The van der Waals surface area contributed by atoms with Gasteiger partial charge in [-0.25, -0.2) is 9.37 Å². The molecule has 194 valence electrons. The summed E-state index contributed by atoms with van der Waals surface area (Å²) in [6.07, 6.45) is 5.62. The summed E-state index contributed by atoms with van der Waals surface area (Å²) in [6, 6.07) is 6.03. The van der Waals surface area contributed by atoms with Crippen molar-refractivity contribution in [1.29, 1.82) is 0 Å². The smallest absolute Gasteiger partial charge is 0.274 e. The molecule has 5 rings (SSSR count). The standard InChI is InChI=1S/C27H29FN4O4S/c1-4-29-26(36)27(3)14-31(15(2)17-7-8-17)25(35)21-23(34)22(33)20(13-32(21)27)24-30-12-19(37-24)11-16-5-9-18(28)10-6-16/h5-6,9-10,12-13,15,17,34H,4,7-8,11,14H2,1-3H3,(H,29,36)/t15-,27-/m1/s1. The van der Waals surface area contributed by atoms with Gasteiger partial charge in [-0.3, -0.25) is 14.4 Å². The van der Waals surface area contributed by atoms with Crippen molar-refractivity contribution in [3.8, 4) is 16.3 Å². The van der Waals surface area contributed by atoms with Gasteiger partial charge in [-0.1, -0.05) is 12.1 Å². The second-order valence-electron chi connectivity index (χ2n) is 10.0. The van der Waals surface area contributed by atoms with E-state index in [0.717, 1.165) is 23.3 Å².